The van der Waals surface area contributed by atoms with Gasteiger partial charge >= 0.3 is 0 Å². The molecule has 0 unspecified atom stereocenters. The number of hydrogen-bond donors (Lipinski definition) is 2. The van der Waals surface area contributed by atoms with E-state index < -0.39 is 0 Å². The van der Waals surface area contributed by atoms with Crippen molar-refractivity contribution >= 4 is 5.65 Å². The minimum atomic E-state index is 0.737. The second-order valence-electron chi connectivity index (χ2n) is 3.69. The fraction of sp³-hybridized carbons (Fsp3) is 0.455. The Bertz CT molecular complexity index is 437. The van der Waals surface area contributed by atoms with Crippen LogP contribution >= 0.6 is 0 Å². The summed E-state index contributed by atoms with van der Waals surface area (Å²) >= 11 is 0. The normalized spacial score (nSPS) is 11.1. The third-order valence-corrected chi connectivity index (χ3v) is 2.47. The molecule has 2 aromatic rings. The van der Waals surface area contributed by atoms with E-state index >= 15 is 0 Å². The Balaban J connectivity index is 1.89. The number of nitrogens with two attached hydrogens (primary N) is 1. The summed E-state index contributed by atoms with van der Waals surface area (Å²) < 4.78 is 2.02. The molecule has 0 aliphatic carbocycles. The minimum Gasteiger partial charge on any atom is -0.330 e. The summed E-state index contributed by atoms with van der Waals surface area (Å²) in [5, 5.41) is 11.6. The first-order valence-corrected chi connectivity index (χ1v) is 5.61. The molecule has 3 N–H and O–H groups in total. The molecule has 86 valence electrons. The quantitative estimate of drug-likeness (QED) is 0.681. The molecule has 0 radical (unpaired) electrons. The number of nitrogens with zero attached hydrogens (tertiary/aromatic N) is 3. The molecule has 2 heterocycles. The standard InChI is InChI=1S/C11H17N5/c12-6-3-7-13-8-5-11-15-14-10-4-1-2-9-16(10)11/h1-2,4,9,13H,3,5-8,12H2. The molecule has 2 rings (SSSR count). The van der Waals surface area contributed by atoms with Gasteiger partial charge < -0.3 is 11.1 Å². The molecule has 0 saturated heterocycles. The van der Waals surface area contributed by atoms with Crippen LogP contribution < -0.4 is 11.1 Å². The molecule has 0 aromatic carbocycles. The monoisotopic (exact) mass is 219 g/mol. The zero-order chi connectivity index (χ0) is 11.2. The molecule has 0 amide bonds. The lowest BCUT2D eigenvalue weighted by atomic mass is 10.3. The van der Waals surface area contributed by atoms with Crippen molar-refractivity contribution in [2.24, 2.45) is 5.73 Å². The summed E-state index contributed by atoms with van der Waals surface area (Å²) in [6.45, 7) is 2.61. The van der Waals surface area contributed by atoms with Gasteiger partial charge in [0.15, 0.2) is 5.65 Å². The van der Waals surface area contributed by atoms with Crippen LogP contribution in [0.1, 0.15) is 12.2 Å². The van der Waals surface area contributed by atoms with Crippen LogP contribution in [-0.4, -0.2) is 34.2 Å². The van der Waals surface area contributed by atoms with Gasteiger partial charge in [0, 0.05) is 19.2 Å². The van der Waals surface area contributed by atoms with E-state index in [0.717, 1.165) is 43.9 Å². The third kappa shape index (κ3) is 2.56. The first-order chi connectivity index (χ1) is 7.92. The van der Waals surface area contributed by atoms with E-state index in [1.54, 1.807) is 0 Å². The van der Waals surface area contributed by atoms with Crippen LogP contribution in [0.15, 0.2) is 24.4 Å². The molecule has 0 saturated carbocycles. The van der Waals surface area contributed by atoms with Crippen LogP contribution in [0.2, 0.25) is 0 Å². The number of fused-ring (bicyclic) bond motifs is 1. The number of rotatable bonds is 6. The van der Waals surface area contributed by atoms with Crippen LogP contribution in [0.5, 0.6) is 0 Å². The van der Waals surface area contributed by atoms with Gasteiger partial charge in [-0.2, -0.15) is 0 Å². The van der Waals surface area contributed by atoms with Gasteiger partial charge in [-0.3, -0.25) is 4.40 Å². The summed E-state index contributed by atoms with van der Waals surface area (Å²) in [6.07, 6.45) is 3.89. The maximum absolute atomic E-state index is 5.41. The van der Waals surface area contributed by atoms with Crippen molar-refractivity contribution in [3.05, 3.63) is 30.2 Å². The van der Waals surface area contributed by atoms with Gasteiger partial charge in [0.1, 0.15) is 5.82 Å². The maximum atomic E-state index is 5.41. The summed E-state index contributed by atoms with van der Waals surface area (Å²) in [4.78, 5) is 0. The lowest BCUT2D eigenvalue weighted by Gasteiger charge is -2.02. The Morgan fingerprint density at radius 3 is 3.06 bits per heavy atom. The fourth-order valence-electron chi connectivity index (χ4n) is 1.61. The van der Waals surface area contributed by atoms with E-state index in [-0.39, 0.29) is 0 Å². The number of nitrogens with one attached hydrogen (secondary N) is 1. The Morgan fingerprint density at radius 2 is 2.19 bits per heavy atom. The Morgan fingerprint density at radius 1 is 1.25 bits per heavy atom. The Kier molecular flexibility index (Phi) is 3.85. The van der Waals surface area contributed by atoms with E-state index in [2.05, 4.69) is 15.5 Å². The van der Waals surface area contributed by atoms with Gasteiger partial charge in [0.2, 0.25) is 0 Å². The fourth-order valence-corrected chi connectivity index (χ4v) is 1.61. The summed E-state index contributed by atoms with van der Waals surface area (Å²) in [6, 6.07) is 5.91. The van der Waals surface area contributed by atoms with Crippen LogP contribution in [-0.2, 0) is 6.42 Å². The zero-order valence-electron chi connectivity index (χ0n) is 9.26. The average molecular weight is 219 g/mol. The minimum absolute atomic E-state index is 0.737. The second kappa shape index (κ2) is 5.58. The lowest BCUT2D eigenvalue weighted by molar-refractivity contribution is 0.640. The van der Waals surface area contributed by atoms with Gasteiger partial charge in [-0.15, -0.1) is 10.2 Å². The molecule has 0 fully saturated rings. The SMILES string of the molecule is NCCCNCCc1nnc2ccccn12. The molecular weight excluding hydrogens is 202 g/mol. The molecule has 5 nitrogen and oxygen atoms in total. The van der Waals surface area contributed by atoms with Crippen molar-refractivity contribution in [3.8, 4) is 0 Å². The van der Waals surface area contributed by atoms with Crippen LogP contribution in [0, 0.1) is 0 Å². The van der Waals surface area contributed by atoms with E-state index in [9.17, 15) is 0 Å². The van der Waals surface area contributed by atoms with Crippen LogP contribution in [0.4, 0.5) is 0 Å². The third-order valence-electron chi connectivity index (χ3n) is 2.47. The summed E-state index contributed by atoms with van der Waals surface area (Å²) in [7, 11) is 0. The van der Waals surface area contributed by atoms with Gasteiger partial charge in [-0.05, 0) is 31.6 Å². The molecule has 2 aromatic heterocycles. The molecule has 5 heteroatoms. The molecule has 0 bridgehead atoms. The number of aromatic nitrogens is 3. The highest BCUT2D eigenvalue weighted by Crippen LogP contribution is 2.02. The Labute approximate surface area is 94.7 Å². The predicted octanol–water partition coefficient (Wildman–Crippen LogP) is 0.210. The maximum Gasteiger partial charge on any atom is 0.160 e. The van der Waals surface area contributed by atoms with E-state index in [4.69, 9.17) is 5.73 Å². The highest BCUT2D eigenvalue weighted by atomic mass is 15.2. The van der Waals surface area contributed by atoms with E-state index in [1.807, 2.05) is 28.8 Å². The molecule has 0 spiro atoms. The van der Waals surface area contributed by atoms with Gasteiger partial charge in [0.25, 0.3) is 0 Å². The zero-order valence-corrected chi connectivity index (χ0v) is 9.26. The molecule has 16 heavy (non-hydrogen) atoms. The molecule has 0 aliphatic rings. The van der Waals surface area contributed by atoms with Crippen molar-refractivity contribution in [1.29, 1.82) is 0 Å². The molecule has 0 atom stereocenters. The predicted molar refractivity (Wildman–Crippen MR) is 63.2 cm³/mol. The van der Waals surface area contributed by atoms with Gasteiger partial charge in [-0.1, -0.05) is 6.07 Å². The van der Waals surface area contributed by atoms with Gasteiger partial charge in [-0.25, -0.2) is 0 Å². The summed E-state index contributed by atoms with van der Waals surface area (Å²) in [5.41, 5.74) is 6.32. The smallest absolute Gasteiger partial charge is 0.160 e. The summed E-state index contributed by atoms with van der Waals surface area (Å²) in [5.74, 6) is 0.996. The van der Waals surface area contributed by atoms with Crippen molar-refractivity contribution in [3.63, 3.8) is 0 Å². The molecular formula is C11H17N5. The average Bonchev–Trinajstić information content (AvgIpc) is 2.73. The molecule has 0 aliphatic heterocycles. The van der Waals surface area contributed by atoms with Crippen molar-refractivity contribution in [2.45, 2.75) is 12.8 Å². The first kappa shape index (κ1) is 11.0. The topological polar surface area (TPSA) is 68.2 Å². The largest absolute Gasteiger partial charge is 0.330 e. The van der Waals surface area contributed by atoms with Crippen LogP contribution in [0.25, 0.3) is 5.65 Å². The number of hydrogen-bond acceptors (Lipinski definition) is 4. The van der Waals surface area contributed by atoms with Crippen LogP contribution in [0.3, 0.4) is 0 Å². The number of pyridine rings is 1. The highest BCUT2D eigenvalue weighted by molar-refractivity contribution is 5.36. The van der Waals surface area contributed by atoms with E-state index in [1.165, 1.54) is 0 Å². The highest BCUT2D eigenvalue weighted by Gasteiger charge is 2.02. The van der Waals surface area contributed by atoms with E-state index in [0.29, 0.717) is 0 Å². The van der Waals surface area contributed by atoms with Crippen molar-refractivity contribution < 1.29 is 0 Å². The van der Waals surface area contributed by atoms with Crippen molar-refractivity contribution in [1.82, 2.24) is 19.9 Å². The first-order valence-electron chi connectivity index (χ1n) is 5.61. The van der Waals surface area contributed by atoms with Gasteiger partial charge in [0.05, 0.1) is 0 Å². The second-order valence-corrected chi connectivity index (χ2v) is 3.69. The Hall–Kier alpha value is -1.46. The van der Waals surface area contributed by atoms with Crippen molar-refractivity contribution in [2.75, 3.05) is 19.6 Å². The lowest BCUT2D eigenvalue weighted by Crippen LogP contribution is -2.21.